The summed E-state index contributed by atoms with van der Waals surface area (Å²) in [5.41, 5.74) is 1.79. The van der Waals surface area contributed by atoms with Crippen LogP contribution in [-0.4, -0.2) is 16.7 Å². The van der Waals surface area contributed by atoms with Crippen LogP contribution in [0.3, 0.4) is 0 Å². The molecule has 0 bridgehead atoms. The van der Waals surface area contributed by atoms with Crippen molar-refractivity contribution in [3.63, 3.8) is 0 Å². The summed E-state index contributed by atoms with van der Waals surface area (Å²) in [7, 11) is 1.63. The Kier molecular flexibility index (Phi) is 4.65. The fraction of sp³-hybridized carbons (Fsp3) is 0.300. The number of hydrogen-bond acceptors (Lipinski definition) is 4. The standard InChI is InChI=1S/C20H20N2O2S/c1-6-10-22-18(12(2)3)21-19-17(20(22)23)16(13(4)25-19)14-8-7-9-15(11-14)24-5/h1,7-9,11-12H,10H2,2-5H3. The molecule has 25 heavy (non-hydrogen) atoms. The zero-order valence-electron chi connectivity index (χ0n) is 14.8. The molecule has 0 saturated heterocycles. The highest BCUT2D eigenvalue weighted by Crippen LogP contribution is 2.37. The van der Waals surface area contributed by atoms with E-state index in [0.717, 1.165) is 32.4 Å². The Balaban J connectivity index is 2.38. The van der Waals surface area contributed by atoms with Crippen molar-refractivity contribution in [2.75, 3.05) is 7.11 Å². The van der Waals surface area contributed by atoms with Crippen LogP contribution in [0.2, 0.25) is 0 Å². The molecule has 128 valence electrons. The van der Waals surface area contributed by atoms with Crippen LogP contribution in [0.4, 0.5) is 0 Å². The van der Waals surface area contributed by atoms with Crippen molar-refractivity contribution in [3.8, 4) is 29.2 Å². The molecule has 5 heteroatoms. The topological polar surface area (TPSA) is 44.1 Å². The lowest BCUT2D eigenvalue weighted by molar-refractivity contribution is 0.415. The third-order valence-electron chi connectivity index (χ3n) is 4.14. The number of nitrogens with zero attached hydrogens (tertiary/aromatic N) is 2. The molecule has 0 radical (unpaired) electrons. The first kappa shape index (κ1) is 17.2. The molecule has 0 aliphatic heterocycles. The third-order valence-corrected chi connectivity index (χ3v) is 5.14. The fourth-order valence-electron chi connectivity index (χ4n) is 3.02. The highest BCUT2D eigenvalue weighted by molar-refractivity contribution is 7.19. The monoisotopic (exact) mass is 352 g/mol. The largest absolute Gasteiger partial charge is 0.497 e. The van der Waals surface area contributed by atoms with Gasteiger partial charge in [0.05, 0.1) is 19.0 Å². The third kappa shape index (κ3) is 2.94. The van der Waals surface area contributed by atoms with Gasteiger partial charge < -0.3 is 4.74 Å². The quantitative estimate of drug-likeness (QED) is 0.661. The van der Waals surface area contributed by atoms with E-state index in [-0.39, 0.29) is 18.0 Å². The lowest BCUT2D eigenvalue weighted by Gasteiger charge is -2.13. The summed E-state index contributed by atoms with van der Waals surface area (Å²) in [5, 5.41) is 0.635. The maximum atomic E-state index is 13.2. The molecule has 4 nitrogen and oxygen atoms in total. The minimum absolute atomic E-state index is 0.0752. The second kappa shape index (κ2) is 6.73. The van der Waals surface area contributed by atoms with Gasteiger partial charge in [-0.1, -0.05) is 31.9 Å². The first-order chi connectivity index (χ1) is 12.0. The Bertz CT molecular complexity index is 1040. The molecule has 0 saturated carbocycles. The van der Waals surface area contributed by atoms with Gasteiger partial charge in [-0.15, -0.1) is 17.8 Å². The Morgan fingerprint density at radius 3 is 2.80 bits per heavy atom. The van der Waals surface area contributed by atoms with Crippen molar-refractivity contribution in [2.45, 2.75) is 33.2 Å². The average Bonchev–Trinajstić information content (AvgIpc) is 2.93. The van der Waals surface area contributed by atoms with Gasteiger partial charge in [-0.2, -0.15) is 0 Å². The number of terminal acetylenes is 1. The van der Waals surface area contributed by atoms with E-state index in [1.807, 2.05) is 45.0 Å². The number of methoxy groups -OCH3 is 1. The highest BCUT2D eigenvalue weighted by Gasteiger charge is 2.20. The van der Waals surface area contributed by atoms with Crippen LogP contribution in [0.1, 0.15) is 30.5 Å². The first-order valence-electron chi connectivity index (χ1n) is 8.09. The number of ether oxygens (including phenoxy) is 1. The molecule has 0 atom stereocenters. The number of fused-ring (bicyclic) bond motifs is 1. The Hall–Kier alpha value is -2.58. The minimum Gasteiger partial charge on any atom is -0.497 e. The van der Waals surface area contributed by atoms with Crippen LogP contribution in [0.5, 0.6) is 5.75 Å². The van der Waals surface area contributed by atoms with Crippen LogP contribution < -0.4 is 10.3 Å². The van der Waals surface area contributed by atoms with Gasteiger partial charge in [0.25, 0.3) is 5.56 Å². The van der Waals surface area contributed by atoms with E-state index >= 15 is 0 Å². The van der Waals surface area contributed by atoms with Gasteiger partial charge in [0.2, 0.25) is 0 Å². The van der Waals surface area contributed by atoms with Crippen molar-refractivity contribution in [1.29, 1.82) is 0 Å². The summed E-state index contributed by atoms with van der Waals surface area (Å²) in [4.78, 5) is 19.8. The smallest absolute Gasteiger partial charge is 0.263 e. The van der Waals surface area contributed by atoms with E-state index in [0.29, 0.717) is 5.39 Å². The van der Waals surface area contributed by atoms with Gasteiger partial charge in [-0.05, 0) is 24.6 Å². The Morgan fingerprint density at radius 1 is 1.40 bits per heavy atom. The Labute approximate surface area is 151 Å². The normalized spacial score (nSPS) is 11.0. The molecule has 0 spiro atoms. The van der Waals surface area contributed by atoms with Crippen molar-refractivity contribution in [2.24, 2.45) is 0 Å². The van der Waals surface area contributed by atoms with E-state index in [1.54, 1.807) is 23.0 Å². The number of benzene rings is 1. The fourth-order valence-corrected chi connectivity index (χ4v) is 4.06. The van der Waals surface area contributed by atoms with Crippen molar-refractivity contribution < 1.29 is 4.74 Å². The molecule has 0 unspecified atom stereocenters. The number of aryl methyl sites for hydroxylation is 1. The molecule has 0 aliphatic carbocycles. The van der Waals surface area contributed by atoms with Gasteiger partial charge in [-0.25, -0.2) is 4.98 Å². The summed E-state index contributed by atoms with van der Waals surface area (Å²) < 4.78 is 6.94. The van der Waals surface area contributed by atoms with Crippen molar-refractivity contribution in [1.82, 2.24) is 9.55 Å². The lowest BCUT2D eigenvalue weighted by Crippen LogP contribution is -2.25. The average molecular weight is 352 g/mol. The van der Waals surface area contributed by atoms with Crippen LogP contribution in [0.25, 0.3) is 21.3 Å². The van der Waals surface area contributed by atoms with E-state index in [9.17, 15) is 4.79 Å². The molecule has 2 heterocycles. The number of rotatable bonds is 4. The van der Waals surface area contributed by atoms with Gasteiger partial charge >= 0.3 is 0 Å². The maximum absolute atomic E-state index is 13.2. The van der Waals surface area contributed by atoms with Crippen molar-refractivity contribution >= 4 is 21.6 Å². The molecule has 2 aromatic heterocycles. The molecule has 0 fully saturated rings. The molecule has 3 rings (SSSR count). The zero-order valence-corrected chi connectivity index (χ0v) is 15.6. The molecule has 3 aromatic rings. The molecule has 1 aromatic carbocycles. The second-order valence-corrected chi connectivity index (χ2v) is 7.37. The minimum atomic E-state index is -0.0752. The predicted molar refractivity (Wildman–Crippen MR) is 104 cm³/mol. The first-order valence-corrected chi connectivity index (χ1v) is 8.91. The van der Waals surface area contributed by atoms with Gasteiger partial charge in [-0.3, -0.25) is 9.36 Å². The number of hydrogen-bond donors (Lipinski definition) is 0. The molecule has 0 aliphatic rings. The van der Waals surface area contributed by atoms with Crippen LogP contribution >= 0.6 is 11.3 Å². The lowest BCUT2D eigenvalue weighted by atomic mass is 10.0. The predicted octanol–water partition coefficient (Wildman–Crippen LogP) is 4.20. The number of aromatic nitrogens is 2. The van der Waals surface area contributed by atoms with Gasteiger partial charge in [0.15, 0.2) is 0 Å². The summed E-state index contributed by atoms with van der Waals surface area (Å²) in [6.45, 7) is 6.27. The van der Waals surface area contributed by atoms with E-state index in [4.69, 9.17) is 16.1 Å². The summed E-state index contributed by atoms with van der Waals surface area (Å²) in [6, 6.07) is 7.74. The molecule has 0 amide bonds. The molecule has 0 N–H and O–H groups in total. The molecular formula is C20H20N2O2S. The van der Waals surface area contributed by atoms with E-state index in [2.05, 4.69) is 5.92 Å². The Morgan fingerprint density at radius 2 is 2.16 bits per heavy atom. The van der Waals surface area contributed by atoms with Gasteiger partial charge in [0, 0.05) is 16.4 Å². The van der Waals surface area contributed by atoms with E-state index < -0.39 is 0 Å². The van der Waals surface area contributed by atoms with Crippen LogP contribution in [0.15, 0.2) is 29.1 Å². The van der Waals surface area contributed by atoms with Crippen molar-refractivity contribution in [3.05, 3.63) is 45.3 Å². The summed E-state index contributed by atoms with van der Waals surface area (Å²) in [6.07, 6.45) is 5.48. The zero-order chi connectivity index (χ0) is 18.1. The van der Waals surface area contributed by atoms with Gasteiger partial charge in [0.1, 0.15) is 16.4 Å². The summed E-state index contributed by atoms with van der Waals surface area (Å²) >= 11 is 1.54. The van der Waals surface area contributed by atoms with Crippen LogP contribution in [-0.2, 0) is 6.54 Å². The number of thiophene rings is 1. The highest BCUT2D eigenvalue weighted by atomic mass is 32.1. The maximum Gasteiger partial charge on any atom is 0.263 e. The van der Waals surface area contributed by atoms with E-state index in [1.165, 1.54) is 0 Å². The SMILES string of the molecule is C#CCn1c(C(C)C)nc2sc(C)c(-c3cccc(OC)c3)c2c1=O. The summed E-state index contributed by atoms with van der Waals surface area (Å²) in [5.74, 6) is 4.18. The molecular weight excluding hydrogens is 332 g/mol. The van der Waals surface area contributed by atoms with Crippen LogP contribution in [0, 0.1) is 19.3 Å². The second-order valence-electron chi connectivity index (χ2n) is 6.17.